The van der Waals surface area contributed by atoms with E-state index in [1.54, 1.807) is 0 Å². The Morgan fingerprint density at radius 1 is 1.50 bits per heavy atom. The molecule has 0 N–H and O–H groups in total. The minimum Gasteiger partial charge on any atom is -0.402 e. The molecule has 1 aliphatic rings. The Labute approximate surface area is 101 Å². The van der Waals surface area contributed by atoms with E-state index in [0.29, 0.717) is 19.0 Å². The fourth-order valence-electron chi connectivity index (χ4n) is 1.34. The molecule has 16 heavy (non-hydrogen) atoms. The van der Waals surface area contributed by atoms with Crippen molar-refractivity contribution >= 4 is 35.1 Å². The van der Waals surface area contributed by atoms with E-state index in [9.17, 15) is 4.79 Å². The molecule has 6 nitrogen and oxygen atoms in total. The van der Waals surface area contributed by atoms with Crippen LogP contribution in [0.2, 0.25) is 0 Å². The minimum atomic E-state index is -0.524. The van der Waals surface area contributed by atoms with Gasteiger partial charge < -0.3 is 14.4 Å². The number of halogens is 1. The fourth-order valence-corrected chi connectivity index (χ4v) is 1.90. The third-order valence-electron chi connectivity index (χ3n) is 2.07. The molecule has 0 spiro atoms. The molecule has 1 aromatic rings. The minimum absolute atomic E-state index is 0.194. The number of rotatable bonds is 3. The van der Waals surface area contributed by atoms with Crippen molar-refractivity contribution < 1.29 is 14.3 Å². The van der Waals surface area contributed by atoms with Crippen molar-refractivity contribution in [1.29, 1.82) is 0 Å². The van der Waals surface area contributed by atoms with Gasteiger partial charge in [0.05, 0.1) is 24.9 Å². The topological polar surface area (TPSA) is 64.5 Å². The van der Waals surface area contributed by atoms with E-state index in [1.165, 1.54) is 0 Å². The quantitative estimate of drug-likeness (QED) is 0.585. The van der Waals surface area contributed by atoms with Crippen molar-refractivity contribution in [3.05, 3.63) is 0 Å². The number of esters is 1. The summed E-state index contributed by atoms with van der Waals surface area (Å²) >= 11 is 6.36. The van der Waals surface area contributed by atoms with Crippen LogP contribution in [0.25, 0.3) is 0 Å². The lowest BCUT2D eigenvalue weighted by molar-refractivity contribution is -0.131. The molecule has 1 fully saturated rings. The molecule has 0 unspecified atom stereocenters. The fraction of sp³-hybridized carbons (Fsp3) is 0.625. The van der Waals surface area contributed by atoms with Gasteiger partial charge in [0.2, 0.25) is 5.82 Å². The van der Waals surface area contributed by atoms with Crippen LogP contribution in [0.5, 0.6) is 5.88 Å². The third-order valence-corrected chi connectivity index (χ3v) is 2.79. The van der Waals surface area contributed by atoms with Crippen molar-refractivity contribution in [3.8, 4) is 5.88 Å². The predicted molar refractivity (Wildman–Crippen MR) is 59.3 cm³/mol. The van der Waals surface area contributed by atoms with Crippen molar-refractivity contribution in [2.45, 2.75) is 0 Å². The number of carbonyl (C=O) groups excluding carboxylic acids is 1. The molecule has 0 atom stereocenters. The predicted octanol–water partition coefficient (Wildman–Crippen LogP) is 0.519. The number of ether oxygens (including phenoxy) is 2. The highest BCUT2D eigenvalue weighted by Gasteiger charge is 2.21. The van der Waals surface area contributed by atoms with Crippen LogP contribution < -0.4 is 9.64 Å². The van der Waals surface area contributed by atoms with Gasteiger partial charge in [0.15, 0.2) is 0 Å². The van der Waals surface area contributed by atoms with Gasteiger partial charge in [0, 0.05) is 13.1 Å². The van der Waals surface area contributed by atoms with Gasteiger partial charge in [-0.25, -0.2) is 0 Å². The number of hydrogen-bond acceptors (Lipinski definition) is 7. The Hall–Kier alpha value is -0.920. The van der Waals surface area contributed by atoms with Gasteiger partial charge in [-0.2, -0.15) is 4.37 Å². The second kappa shape index (κ2) is 5.42. The Morgan fingerprint density at radius 3 is 2.94 bits per heavy atom. The highest BCUT2D eigenvalue weighted by molar-refractivity contribution is 6.99. The molecular formula is C8H10ClN3O3S. The first-order valence-electron chi connectivity index (χ1n) is 4.73. The molecule has 1 aliphatic heterocycles. The molecule has 88 valence electrons. The molecule has 0 radical (unpaired) electrons. The zero-order chi connectivity index (χ0) is 11.4. The SMILES string of the molecule is O=C(CCl)Oc1nsnc1N1CCOCC1. The van der Waals surface area contributed by atoms with E-state index in [2.05, 4.69) is 8.75 Å². The van der Waals surface area contributed by atoms with Crippen molar-refractivity contribution in [3.63, 3.8) is 0 Å². The third kappa shape index (κ3) is 2.60. The Kier molecular flexibility index (Phi) is 3.92. The molecule has 0 bridgehead atoms. The normalized spacial score (nSPS) is 16.2. The second-order valence-corrected chi connectivity index (χ2v) is 3.90. The van der Waals surface area contributed by atoms with E-state index < -0.39 is 5.97 Å². The maximum absolute atomic E-state index is 11.1. The largest absolute Gasteiger partial charge is 0.402 e. The van der Waals surface area contributed by atoms with Crippen molar-refractivity contribution in [2.24, 2.45) is 0 Å². The summed E-state index contributed by atoms with van der Waals surface area (Å²) in [6.07, 6.45) is 0. The summed E-state index contributed by atoms with van der Waals surface area (Å²) in [6.45, 7) is 2.72. The van der Waals surface area contributed by atoms with Crippen molar-refractivity contribution in [2.75, 3.05) is 37.1 Å². The highest BCUT2D eigenvalue weighted by atomic mass is 35.5. The molecule has 8 heteroatoms. The molecule has 0 saturated carbocycles. The zero-order valence-electron chi connectivity index (χ0n) is 8.39. The number of anilines is 1. The number of carbonyl (C=O) groups is 1. The lowest BCUT2D eigenvalue weighted by Crippen LogP contribution is -2.36. The number of alkyl halides is 1. The van der Waals surface area contributed by atoms with Crippen molar-refractivity contribution in [1.82, 2.24) is 8.75 Å². The molecule has 0 aliphatic carbocycles. The van der Waals surface area contributed by atoms with E-state index in [-0.39, 0.29) is 11.8 Å². The monoisotopic (exact) mass is 263 g/mol. The summed E-state index contributed by atoms with van der Waals surface area (Å²) < 4.78 is 18.2. The molecule has 0 amide bonds. The summed E-state index contributed by atoms with van der Waals surface area (Å²) in [6, 6.07) is 0. The van der Waals surface area contributed by atoms with Gasteiger partial charge in [0.25, 0.3) is 5.88 Å². The van der Waals surface area contributed by atoms with Crippen LogP contribution in [0.4, 0.5) is 5.82 Å². The van der Waals surface area contributed by atoms with Crippen LogP contribution in [-0.2, 0) is 9.53 Å². The second-order valence-electron chi connectivity index (χ2n) is 3.10. The Balaban J connectivity index is 2.08. The molecule has 2 rings (SSSR count). The van der Waals surface area contributed by atoms with E-state index in [1.807, 2.05) is 4.90 Å². The maximum atomic E-state index is 11.1. The highest BCUT2D eigenvalue weighted by Crippen LogP contribution is 2.26. The number of morpholine rings is 1. The first-order valence-corrected chi connectivity index (χ1v) is 5.99. The van der Waals surface area contributed by atoms with Gasteiger partial charge in [-0.15, -0.1) is 16.0 Å². The average molecular weight is 264 g/mol. The van der Waals surface area contributed by atoms with E-state index in [4.69, 9.17) is 21.1 Å². The first kappa shape index (κ1) is 11.6. The zero-order valence-corrected chi connectivity index (χ0v) is 9.96. The summed E-state index contributed by atoms with van der Waals surface area (Å²) in [4.78, 5) is 13.0. The summed E-state index contributed by atoms with van der Waals surface area (Å²) in [7, 11) is 0. The molecule has 1 aromatic heterocycles. The smallest absolute Gasteiger partial charge is 0.327 e. The van der Waals surface area contributed by atoms with E-state index >= 15 is 0 Å². The van der Waals surface area contributed by atoms with Crippen LogP contribution >= 0.6 is 23.3 Å². The lowest BCUT2D eigenvalue weighted by Gasteiger charge is -2.26. The van der Waals surface area contributed by atoms with Gasteiger partial charge in [-0.05, 0) is 0 Å². The number of aromatic nitrogens is 2. The van der Waals surface area contributed by atoms with Gasteiger partial charge in [0.1, 0.15) is 5.88 Å². The Morgan fingerprint density at radius 2 is 2.25 bits per heavy atom. The lowest BCUT2D eigenvalue weighted by atomic mass is 10.4. The van der Waals surface area contributed by atoms with Gasteiger partial charge in [-0.3, -0.25) is 4.79 Å². The first-order chi connectivity index (χ1) is 7.81. The Bertz CT molecular complexity index is 367. The average Bonchev–Trinajstić information content (AvgIpc) is 2.78. The van der Waals surface area contributed by atoms with Crippen LogP contribution in [0.15, 0.2) is 0 Å². The van der Waals surface area contributed by atoms with Crippen LogP contribution in [0, 0.1) is 0 Å². The molecule has 2 heterocycles. The molecule has 0 aromatic carbocycles. The summed E-state index contributed by atoms with van der Waals surface area (Å²) in [5, 5.41) is 0. The van der Waals surface area contributed by atoms with Gasteiger partial charge >= 0.3 is 5.97 Å². The molecular weight excluding hydrogens is 254 g/mol. The summed E-state index contributed by atoms with van der Waals surface area (Å²) in [5.74, 6) is 0.105. The summed E-state index contributed by atoms with van der Waals surface area (Å²) in [5.41, 5.74) is 0. The number of hydrogen-bond donors (Lipinski definition) is 0. The van der Waals surface area contributed by atoms with Crippen LogP contribution in [0.3, 0.4) is 0 Å². The van der Waals surface area contributed by atoms with Crippen LogP contribution in [0.1, 0.15) is 0 Å². The molecule has 1 saturated heterocycles. The standard InChI is InChI=1S/C8H10ClN3O3S/c9-5-6(13)15-8-7(10-16-11-8)12-1-3-14-4-2-12/h1-5H2. The van der Waals surface area contributed by atoms with E-state index in [0.717, 1.165) is 24.8 Å². The van der Waals surface area contributed by atoms with Gasteiger partial charge in [-0.1, -0.05) is 0 Å². The number of nitrogens with zero attached hydrogens (tertiary/aromatic N) is 3. The van der Waals surface area contributed by atoms with Crippen LogP contribution in [-0.4, -0.2) is 46.9 Å². The maximum Gasteiger partial charge on any atom is 0.327 e.